The predicted molar refractivity (Wildman–Crippen MR) is 57.1 cm³/mol. The quantitative estimate of drug-likeness (QED) is 0.709. The van der Waals surface area contributed by atoms with Gasteiger partial charge in [0, 0.05) is 0 Å². The van der Waals surface area contributed by atoms with Crippen molar-refractivity contribution in [2.75, 3.05) is 6.61 Å². The Morgan fingerprint density at radius 1 is 1.53 bits per heavy atom. The molecule has 0 heterocycles. The van der Waals surface area contributed by atoms with Crippen LogP contribution in [-0.2, 0) is 0 Å². The zero-order valence-electron chi connectivity index (χ0n) is 9.13. The molecule has 15 heavy (non-hydrogen) atoms. The Morgan fingerprint density at radius 2 is 2.20 bits per heavy atom. The van der Waals surface area contributed by atoms with Gasteiger partial charge in [0.05, 0.1) is 23.8 Å². The number of nitriles is 1. The summed E-state index contributed by atoms with van der Waals surface area (Å²) in [5.74, 6) is 0.460. The molecule has 1 aromatic carbocycles. The molecule has 1 rings (SSSR count). The fourth-order valence-electron chi connectivity index (χ4n) is 1.54. The summed E-state index contributed by atoms with van der Waals surface area (Å²) in [5, 5.41) is 8.79. The van der Waals surface area contributed by atoms with Gasteiger partial charge in [-0.1, -0.05) is 0 Å². The molecule has 0 spiro atoms. The number of benzene rings is 1. The fraction of sp³-hybridized carbons (Fsp3) is 0.333. The van der Waals surface area contributed by atoms with Gasteiger partial charge in [-0.15, -0.1) is 0 Å². The lowest BCUT2D eigenvalue weighted by Crippen LogP contribution is -2.03. The number of rotatable bonds is 3. The van der Waals surface area contributed by atoms with E-state index < -0.39 is 0 Å². The molecule has 0 unspecified atom stereocenters. The predicted octanol–water partition coefficient (Wildman–Crippen LogP) is 2.47. The number of nitrogens with zero attached hydrogens (tertiary/aromatic N) is 1. The highest BCUT2D eigenvalue weighted by atomic mass is 16.5. The van der Waals surface area contributed by atoms with E-state index in [1.165, 1.54) is 6.92 Å². The highest BCUT2D eigenvalue weighted by molar-refractivity contribution is 5.98. The van der Waals surface area contributed by atoms with Crippen molar-refractivity contribution in [3.63, 3.8) is 0 Å². The zero-order valence-corrected chi connectivity index (χ0v) is 9.13. The third-order valence-corrected chi connectivity index (χ3v) is 2.08. The molecule has 0 aliphatic heterocycles. The third-order valence-electron chi connectivity index (χ3n) is 2.08. The molecule has 0 aliphatic carbocycles. The SMILES string of the molecule is CCOc1cc(C#N)cc(C)c1C(C)=O. The van der Waals surface area contributed by atoms with Gasteiger partial charge in [0.15, 0.2) is 5.78 Å². The van der Waals surface area contributed by atoms with Crippen LogP contribution in [0.15, 0.2) is 12.1 Å². The van der Waals surface area contributed by atoms with E-state index in [0.29, 0.717) is 23.5 Å². The summed E-state index contributed by atoms with van der Waals surface area (Å²) in [6.45, 7) is 5.63. The Labute approximate surface area is 89.3 Å². The molecule has 3 nitrogen and oxygen atoms in total. The molecular weight excluding hydrogens is 190 g/mol. The smallest absolute Gasteiger partial charge is 0.163 e. The maximum atomic E-state index is 11.4. The van der Waals surface area contributed by atoms with Crippen LogP contribution in [0.2, 0.25) is 0 Å². The molecule has 0 bridgehead atoms. The fourth-order valence-corrected chi connectivity index (χ4v) is 1.54. The van der Waals surface area contributed by atoms with Gasteiger partial charge in [-0.25, -0.2) is 0 Å². The molecule has 0 saturated heterocycles. The molecule has 0 atom stereocenters. The third kappa shape index (κ3) is 2.35. The van der Waals surface area contributed by atoms with Crippen molar-refractivity contribution in [3.05, 3.63) is 28.8 Å². The molecule has 0 saturated carbocycles. The first-order valence-electron chi connectivity index (χ1n) is 4.78. The summed E-state index contributed by atoms with van der Waals surface area (Å²) < 4.78 is 5.35. The molecule has 0 radical (unpaired) electrons. The first kappa shape index (κ1) is 11.3. The summed E-state index contributed by atoms with van der Waals surface area (Å²) in [4.78, 5) is 11.4. The van der Waals surface area contributed by atoms with Gasteiger partial charge in [0.25, 0.3) is 0 Å². The van der Waals surface area contributed by atoms with Crippen LogP contribution in [-0.4, -0.2) is 12.4 Å². The Balaban J connectivity index is 3.36. The Kier molecular flexibility index (Phi) is 3.46. The first-order valence-corrected chi connectivity index (χ1v) is 4.78. The maximum Gasteiger partial charge on any atom is 0.163 e. The molecule has 0 fully saturated rings. The number of Topliss-reactive ketones (excluding diaryl/α,β-unsaturated/α-hetero) is 1. The van der Waals surface area contributed by atoms with E-state index in [2.05, 4.69) is 0 Å². The van der Waals surface area contributed by atoms with E-state index >= 15 is 0 Å². The van der Waals surface area contributed by atoms with Crippen molar-refractivity contribution in [2.45, 2.75) is 20.8 Å². The van der Waals surface area contributed by atoms with Crippen LogP contribution in [0.5, 0.6) is 5.75 Å². The monoisotopic (exact) mass is 203 g/mol. The largest absolute Gasteiger partial charge is 0.493 e. The van der Waals surface area contributed by atoms with E-state index in [0.717, 1.165) is 5.56 Å². The molecule has 0 aromatic heterocycles. The Bertz CT molecular complexity index is 430. The average molecular weight is 203 g/mol. The molecule has 1 aromatic rings. The lowest BCUT2D eigenvalue weighted by molar-refractivity contribution is 0.101. The molecular formula is C12H13NO2. The Hall–Kier alpha value is -1.82. The molecule has 3 heteroatoms. The standard InChI is InChI=1S/C12H13NO2/c1-4-15-11-6-10(7-13)5-8(2)12(11)9(3)14/h5-6H,4H2,1-3H3. The lowest BCUT2D eigenvalue weighted by Gasteiger charge is -2.10. The maximum absolute atomic E-state index is 11.4. The van der Waals surface area contributed by atoms with Crippen molar-refractivity contribution in [1.82, 2.24) is 0 Å². The van der Waals surface area contributed by atoms with Crippen LogP contribution >= 0.6 is 0 Å². The number of aryl methyl sites for hydroxylation is 1. The molecule has 78 valence electrons. The summed E-state index contributed by atoms with van der Waals surface area (Å²) >= 11 is 0. The highest BCUT2D eigenvalue weighted by Gasteiger charge is 2.13. The van der Waals surface area contributed by atoms with Crippen LogP contribution in [0.1, 0.15) is 35.3 Å². The second kappa shape index (κ2) is 4.61. The minimum absolute atomic E-state index is 0.0413. The number of hydrogen-bond donors (Lipinski definition) is 0. The minimum Gasteiger partial charge on any atom is -0.493 e. The van der Waals surface area contributed by atoms with E-state index in [9.17, 15) is 4.79 Å². The average Bonchev–Trinajstić information content (AvgIpc) is 2.16. The van der Waals surface area contributed by atoms with Crippen LogP contribution < -0.4 is 4.74 Å². The van der Waals surface area contributed by atoms with Gasteiger partial charge in [-0.05, 0) is 38.5 Å². The van der Waals surface area contributed by atoms with E-state index in [-0.39, 0.29) is 5.78 Å². The highest BCUT2D eigenvalue weighted by Crippen LogP contribution is 2.24. The normalized spacial score (nSPS) is 9.47. The number of ether oxygens (including phenoxy) is 1. The summed E-state index contributed by atoms with van der Waals surface area (Å²) in [7, 11) is 0. The van der Waals surface area contributed by atoms with Gasteiger partial charge < -0.3 is 4.74 Å². The van der Waals surface area contributed by atoms with E-state index in [4.69, 9.17) is 10.00 Å². The first-order chi connectivity index (χ1) is 7.10. The van der Waals surface area contributed by atoms with Crippen molar-refractivity contribution >= 4 is 5.78 Å². The van der Waals surface area contributed by atoms with Crippen molar-refractivity contribution in [2.24, 2.45) is 0 Å². The number of carbonyl (C=O) groups is 1. The van der Waals surface area contributed by atoms with Crippen LogP contribution in [0, 0.1) is 18.3 Å². The minimum atomic E-state index is -0.0413. The number of hydrogen-bond acceptors (Lipinski definition) is 3. The van der Waals surface area contributed by atoms with Gasteiger partial charge in [-0.2, -0.15) is 5.26 Å². The lowest BCUT2D eigenvalue weighted by atomic mass is 10.0. The summed E-state index contributed by atoms with van der Waals surface area (Å²) in [5.41, 5.74) is 1.86. The molecule has 0 N–H and O–H groups in total. The van der Waals surface area contributed by atoms with Crippen molar-refractivity contribution in [1.29, 1.82) is 5.26 Å². The van der Waals surface area contributed by atoms with Gasteiger partial charge in [0.1, 0.15) is 5.75 Å². The molecule has 0 aliphatic rings. The number of carbonyl (C=O) groups excluding carboxylic acids is 1. The van der Waals surface area contributed by atoms with Gasteiger partial charge in [-0.3, -0.25) is 4.79 Å². The van der Waals surface area contributed by atoms with Crippen molar-refractivity contribution in [3.8, 4) is 11.8 Å². The van der Waals surface area contributed by atoms with E-state index in [1.807, 2.05) is 13.0 Å². The zero-order chi connectivity index (χ0) is 11.4. The van der Waals surface area contributed by atoms with Crippen molar-refractivity contribution < 1.29 is 9.53 Å². The van der Waals surface area contributed by atoms with E-state index in [1.54, 1.807) is 19.1 Å². The summed E-state index contributed by atoms with van der Waals surface area (Å²) in [6, 6.07) is 5.34. The second-order valence-electron chi connectivity index (χ2n) is 3.27. The van der Waals surface area contributed by atoms with Crippen LogP contribution in [0.3, 0.4) is 0 Å². The summed E-state index contributed by atoms with van der Waals surface area (Å²) in [6.07, 6.45) is 0. The van der Waals surface area contributed by atoms with Crippen LogP contribution in [0.25, 0.3) is 0 Å². The second-order valence-corrected chi connectivity index (χ2v) is 3.27. The topological polar surface area (TPSA) is 50.1 Å². The number of ketones is 1. The van der Waals surface area contributed by atoms with Gasteiger partial charge >= 0.3 is 0 Å². The van der Waals surface area contributed by atoms with Gasteiger partial charge in [0.2, 0.25) is 0 Å². The Morgan fingerprint density at radius 3 is 2.67 bits per heavy atom. The van der Waals surface area contributed by atoms with Crippen LogP contribution in [0.4, 0.5) is 0 Å². The molecule has 0 amide bonds.